The molecule has 22 heavy (non-hydrogen) atoms. The van der Waals surface area contributed by atoms with Crippen LogP contribution in [0.5, 0.6) is 0 Å². The van der Waals surface area contributed by atoms with Crippen LogP contribution in [0.4, 0.5) is 0 Å². The molecule has 4 nitrogen and oxygen atoms in total. The van der Waals surface area contributed by atoms with Gasteiger partial charge in [-0.25, -0.2) is 0 Å². The summed E-state index contributed by atoms with van der Waals surface area (Å²) >= 11 is 0. The van der Waals surface area contributed by atoms with E-state index in [4.69, 9.17) is 0 Å². The van der Waals surface area contributed by atoms with Crippen molar-refractivity contribution >= 4 is 16.7 Å². The maximum Gasteiger partial charge on any atom is 0.314 e. The lowest BCUT2D eigenvalue weighted by atomic mass is 9.78. The van der Waals surface area contributed by atoms with Crippen LogP contribution in [0.2, 0.25) is 0 Å². The summed E-state index contributed by atoms with van der Waals surface area (Å²) < 4.78 is 0. The first-order chi connectivity index (χ1) is 10.6. The number of nitrogens with zero attached hydrogens (tertiary/aromatic N) is 2. The van der Waals surface area contributed by atoms with Crippen molar-refractivity contribution in [3.63, 3.8) is 0 Å². The van der Waals surface area contributed by atoms with Gasteiger partial charge in [0.2, 0.25) is 0 Å². The fraction of sp³-hybridized carbons (Fsp3) is 0.167. The lowest BCUT2D eigenvalue weighted by molar-refractivity contribution is -0.143. The number of aromatic nitrogens is 2. The van der Waals surface area contributed by atoms with E-state index in [1.807, 2.05) is 54.6 Å². The number of carbonyl (C=O) groups is 1. The monoisotopic (exact) mass is 292 g/mol. The van der Waals surface area contributed by atoms with Gasteiger partial charge < -0.3 is 5.11 Å². The van der Waals surface area contributed by atoms with Crippen molar-refractivity contribution in [2.24, 2.45) is 0 Å². The van der Waals surface area contributed by atoms with Crippen LogP contribution < -0.4 is 0 Å². The molecule has 1 unspecified atom stereocenters. The topological polar surface area (TPSA) is 63.1 Å². The standard InChI is InChI=1S/C18H16N2O2/c1-18(17(21)22,14-8-3-2-4-9-14)11-16-15-10-6-5-7-13(15)12-19-20-16/h2-10,12H,11H2,1H3,(H,21,22). The molecule has 110 valence electrons. The summed E-state index contributed by atoms with van der Waals surface area (Å²) in [6, 6.07) is 17.0. The molecule has 2 aromatic carbocycles. The van der Waals surface area contributed by atoms with E-state index in [1.165, 1.54) is 0 Å². The van der Waals surface area contributed by atoms with Gasteiger partial charge in [0, 0.05) is 17.2 Å². The molecule has 0 aliphatic heterocycles. The van der Waals surface area contributed by atoms with Crippen LogP contribution in [0, 0.1) is 0 Å². The molecule has 3 aromatic rings. The Morgan fingerprint density at radius 3 is 2.50 bits per heavy atom. The molecule has 1 N–H and O–H groups in total. The third kappa shape index (κ3) is 2.44. The number of carboxylic acids is 1. The molecule has 0 saturated heterocycles. The highest BCUT2D eigenvalue weighted by atomic mass is 16.4. The predicted molar refractivity (Wildman–Crippen MR) is 84.7 cm³/mol. The Hall–Kier alpha value is -2.75. The first-order valence-corrected chi connectivity index (χ1v) is 7.09. The first kappa shape index (κ1) is 14.2. The third-order valence-corrected chi connectivity index (χ3v) is 4.05. The van der Waals surface area contributed by atoms with E-state index in [9.17, 15) is 9.90 Å². The van der Waals surface area contributed by atoms with Crippen LogP contribution in [-0.2, 0) is 16.6 Å². The van der Waals surface area contributed by atoms with Crippen LogP contribution in [0.3, 0.4) is 0 Å². The van der Waals surface area contributed by atoms with Crippen molar-refractivity contribution in [3.8, 4) is 0 Å². The second-order valence-electron chi connectivity index (χ2n) is 5.56. The smallest absolute Gasteiger partial charge is 0.314 e. The van der Waals surface area contributed by atoms with Crippen LogP contribution in [0.1, 0.15) is 18.2 Å². The van der Waals surface area contributed by atoms with Gasteiger partial charge in [-0.2, -0.15) is 10.2 Å². The van der Waals surface area contributed by atoms with E-state index in [2.05, 4.69) is 10.2 Å². The van der Waals surface area contributed by atoms with Crippen molar-refractivity contribution < 1.29 is 9.90 Å². The van der Waals surface area contributed by atoms with Gasteiger partial charge >= 0.3 is 5.97 Å². The molecule has 0 aliphatic carbocycles. The Labute approximate surface area is 128 Å². The Morgan fingerprint density at radius 2 is 1.77 bits per heavy atom. The molecule has 1 heterocycles. The van der Waals surface area contributed by atoms with E-state index in [0.717, 1.165) is 16.3 Å². The van der Waals surface area contributed by atoms with Gasteiger partial charge in [-0.15, -0.1) is 0 Å². The van der Waals surface area contributed by atoms with E-state index < -0.39 is 11.4 Å². The van der Waals surface area contributed by atoms with E-state index in [-0.39, 0.29) is 0 Å². The number of carboxylic acid groups (broad SMARTS) is 1. The van der Waals surface area contributed by atoms with Crippen LogP contribution in [0.15, 0.2) is 60.8 Å². The normalized spacial score (nSPS) is 13.7. The molecule has 3 rings (SSSR count). The lowest BCUT2D eigenvalue weighted by Crippen LogP contribution is -2.35. The number of fused-ring (bicyclic) bond motifs is 1. The fourth-order valence-corrected chi connectivity index (χ4v) is 2.66. The zero-order valence-electron chi connectivity index (χ0n) is 12.2. The summed E-state index contributed by atoms with van der Waals surface area (Å²) in [6.45, 7) is 1.73. The molecule has 1 aromatic heterocycles. The van der Waals surface area contributed by atoms with Gasteiger partial charge in [0.15, 0.2) is 0 Å². The maximum atomic E-state index is 11.9. The third-order valence-electron chi connectivity index (χ3n) is 4.05. The number of aliphatic carboxylic acids is 1. The average Bonchev–Trinajstić information content (AvgIpc) is 2.56. The highest BCUT2D eigenvalue weighted by Crippen LogP contribution is 2.30. The van der Waals surface area contributed by atoms with E-state index in [0.29, 0.717) is 12.1 Å². The van der Waals surface area contributed by atoms with Gasteiger partial charge in [0.05, 0.1) is 17.3 Å². The van der Waals surface area contributed by atoms with Crippen molar-refractivity contribution in [2.45, 2.75) is 18.8 Å². The number of hydrogen-bond acceptors (Lipinski definition) is 3. The summed E-state index contributed by atoms with van der Waals surface area (Å²) in [7, 11) is 0. The molecule has 0 bridgehead atoms. The minimum Gasteiger partial charge on any atom is -0.481 e. The molecule has 1 atom stereocenters. The maximum absolute atomic E-state index is 11.9. The minimum absolute atomic E-state index is 0.292. The van der Waals surface area contributed by atoms with Gasteiger partial charge in [0.1, 0.15) is 0 Å². The Morgan fingerprint density at radius 1 is 1.09 bits per heavy atom. The van der Waals surface area contributed by atoms with Crippen molar-refractivity contribution in [1.82, 2.24) is 10.2 Å². The number of rotatable bonds is 4. The average molecular weight is 292 g/mol. The predicted octanol–water partition coefficient (Wildman–Crippen LogP) is 3.21. The van der Waals surface area contributed by atoms with Gasteiger partial charge in [-0.1, -0.05) is 54.6 Å². The molecular weight excluding hydrogens is 276 g/mol. The molecule has 0 amide bonds. The molecule has 0 fully saturated rings. The van der Waals surface area contributed by atoms with Gasteiger partial charge in [-0.3, -0.25) is 4.79 Å². The van der Waals surface area contributed by atoms with Crippen molar-refractivity contribution in [3.05, 3.63) is 72.1 Å². The van der Waals surface area contributed by atoms with Gasteiger partial charge in [0.25, 0.3) is 0 Å². The largest absolute Gasteiger partial charge is 0.481 e. The summed E-state index contributed by atoms with van der Waals surface area (Å²) in [6.07, 6.45) is 1.99. The van der Waals surface area contributed by atoms with Crippen molar-refractivity contribution in [1.29, 1.82) is 0 Å². The molecule has 0 aliphatic rings. The van der Waals surface area contributed by atoms with E-state index in [1.54, 1.807) is 13.1 Å². The zero-order chi connectivity index (χ0) is 15.6. The van der Waals surface area contributed by atoms with Crippen LogP contribution in [0.25, 0.3) is 10.8 Å². The zero-order valence-corrected chi connectivity index (χ0v) is 12.2. The molecular formula is C18H16N2O2. The second-order valence-corrected chi connectivity index (χ2v) is 5.56. The molecule has 0 saturated carbocycles. The quantitative estimate of drug-likeness (QED) is 0.802. The van der Waals surface area contributed by atoms with Gasteiger partial charge in [-0.05, 0) is 12.5 Å². The lowest BCUT2D eigenvalue weighted by Gasteiger charge is -2.25. The highest BCUT2D eigenvalue weighted by molar-refractivity contribution is 5.86. The molecule has 4 heteroatoms. The Balaban J connectivity index is 2.10. The minimum atomic E-state index is -1.04. The summed E-state index contributed by atoms with van der Waals surface area (Å²) in [5.41, 5.74) is 0.421. The van der Waals surface area contributed by atoms with Crippen molar-refractivity contribution in [2.75, 3.05) is 0 Å². The molecule has 0 spiro atoms. The highest BCUT2D eigenvalue weighted by Gasteiger charge is 2.36. The van der Waals surface area contributed by atoms with E-state index >= 15 is 0 Å². The second kappa shape index (κ2) is 5.56. The molecule has 0 radical (unpaired) electrons. The van der Waals surface area contributed by atoms with Crippen LogP contribution in [-0.4, -0.2) is 21.3 Å². The SMILES string of the molecule is CC(Cc1nncc2ccccc12)(C(=O)O)c1ccccc1. The summed E-state index contributed by atoms with van der Waals surface area (Å²) in [5.74, 6) is -0.867. The van der Waals surface area contributed by atoms with Crippen LogP contribution >= 0.6 is 0 Å². The summed E-state index contributed by atoms with van der Waals surface area (Å²) in [4.78, 5) is 11.9. The Kier molecular flexibility index (Phi) is 3.59. The number of benzene rings is 2. The Bertz CT molecular complexity index is 812. The first-order valence-electron chi connectivity index (χ1n) is 7.09. The summed E-state index contributed by atoms with van der Waals surface area (Å²) in [5, 5.41) is 19.9. The number of hydrogen-bond donors (Lipinski definition) is 1. The fourth-order valence-electron chi connectivity index (χ4n) is 2.66.